The van der Waals surface area contributed by atoms with E-state index in [1.54, 1.807) is 7.11 Å². The summed E-state index contributed by atoms with van der Waals surface area (Å²) in [5.74, 6) is -0.760. The highest BCUT2D eigenvalue weighted by Crippen LogP contribution is 2.24. The van der Waals surface area contributed by atoms with Gasteiger partial charge in [-0.1, -0.05) is 0 Å². The summed E-state index contributed by atoms with van der Waals surface area (Å²) in [6.07, 6.45) is 1.15. The van der Waals surface area contributed by atoms with Gasteiger partial charge < -0.3 is 15.2 Å². The zero-order valence-corrected chi connectivity index (χ0v) is 12.4. The summed E-state index contributed by atoms with van der Waals surface area (Å²) >= 11 is 0. The van der Waals surface area contributed by atoms with Gasteiger partial charge in [0.2, 0.25) is 10.0 Å². The van der Waals surface area contributed by atoms with E-state index in [1.165, 1.54) is 18.3 Å². The van der Waals surface area contributed by atoms with E-state index in [-0.39, 0.29) is 18.7 Å². The zero-order valence-electron chi connectivity index (χ0n) is 11.5. The first-order valence-electron chi connectivity index (χ1n) is 6.19. The molecule has 7 nitrogen and oxygen atoms in total. The first-order chi connectivity index (χ1) is 8.88. The van der Waals surface area contributed by atoms with Crippen LogP contribution >= 0.6 is 0 Å². The van der Waals surface area contributed by atoms with Gasteiger partial charge in [0.05, 0.1) is 13.2 Å². The Morgan fingerprint density at radius 3 is 2.58 bits per heavy atom. The molecule has 3 atom stereocenters. The quantitative estimate of drug-likeness (QED) is 0.674. The Hall–Kier alpha value is -0.700. The Kier molecular flexibility index (Phi) is 5.72. The zero-order chi connectivity index (χ0) is 14.6. The summed E-state index contributed by atoms with van der Waals surface area (Å²) < 4.78 is 35.8. The standard InChI is InChI=1S/C11H22N2O5S/c1-8(11(14)18-3)19(15,16)13-5-4-10(17-2)6-9(13)7-12/h8-10H,4-7,12H2,1-3H3. The fourth-order valence-corrected chi connectivity index (χ4v) is 3.94. The Morgan fingerprint density at radius 1 is 1.47 bits per heavy atom. The van der Waals surface area contributed by atoms with Crippen molar-refractivity contribution in [1.82, 2.24) is 4.31 Å². The normalized spacial score (nSPS) is 26.9. The second-order valence-corrected chi connectivity index (χ2v) is 6.80. The summed E-state index contributed by atoms with van der Waals surface area (Å²) in [4.78, 5) is 11.4. The summed E-state index contributed by atoms with van der Waals surface area (Å²) in [6, 6.07) is -0.337. The minimum Gasteiger partial charge on any atom is -0.468 e. The first kappa shape index (κ1) is 16.4. The number of methoxy groups -OCH3 is 2. The van der Waals surface area contributed by atoms with Gasteiger partial charge in [-0.15, -0.1) is 0 Å². The van der Waals surface area contributed by atoms with E-state index >= 15 is 0 Å². The minimum atomic E-state index is -3.74. The number of nitrogens with two attached hydrogens (primary N) is 1. The number of hydrogen-bond donors (Lipinski definition) is 1. The molecule has 1 saturated heterocycles. The number of carbonyl (C=O) groups is 1. The van der Waals surface area contributed by atoms with Crippen LogP contribution in [-0.4, -0.2) is 63.4 Å². The largest absolute Gasteiger partial charge is 0.468 e. The number of esters is 1. The summed E-state index contributed by atoms with van der Waals surface area (Å²) in [5, 5.41) is -1.22. The van der Waals surface area contributed by atoms with E-state index in [0.29, 0.717) is 19.4 Å². The summed E-state index contributed by atoms with van der Waals surface area (Å²) in [5.41, 5.74) is 5.64. The summed E-state index contributed by atoms with van der Waals surface area (Å²) in [7, 11) is -0.974. The number of carbonyl (C=O) groups excluding carboxylic acids is 1. The Morgan fingerprint density at radius 2 is 2.11 bits per heavy atom. The maximum absolute atomic E-state index is 12.4. The third-order valence-electron chi connectivity index (χ3n) is 3.53. The van der Waals surface area contributed by atoms with Crippen LogP contribution in [0.2, 0.25) is 0 Å². The molecule has 2 N–H and O–H groups in total. The van der Waals surface area contributed by atoms with Gasteiger partial charge in [-0.05, 0) is 19.8 Å². The van der Waals surface area contributed by atoms with Crippen LogP contribution in [0.4, 0.5) is 0 Å². The maximum Gasteiger partial charge on any atom is 0.325 e. The van der Waals surface area contributed by atoms with Crippen molar-refractivity contribution in [3.05, 3.63) is 0 Å². The predicted octanol–water partition coefficient (Wildman–Crippen LogP) is -0.684. The average Bonchev–Trinajstić information content (AvgIpc) is 2.44. The van der Waals surface area contributed by atoms with Gasteiger partial charge in [0, 0.05) is 26.2 Å². The third-order valence-corrected chi connectivity index (χ3v) is 5.75. The van der Waals surface area contributed by atoms with Gasteiger partial charge in [0.1, 0.15) is 0 Å². The lowest BCUT2D eigenvalue weighted by Crippen LogP contribution is -2.54. The monoisotopic (exact) mass is 294 g/mol. The molecule has 0 aromatic rings. The van der Waals surface area contributed by atoms with Crippen LogP contribution < -0.4 is 5.73 Å². The maximum atomic E-state index is 12.4. The lowest BCUT2D eigenvalue weighted by Gasteiger charge is -2.38. The molecule has 0 bridgehead atoms. The Labute approximate surface area is 114 Å². The van der Waals surface area contributed by atoms with E-state index in [1.807, 2.05) is 0 Å². The Balaban J connectivity index is 2.91. The van der Waals surface area contributed by atoms with Crippen LogP contribution in [0, 0.1) is 0 Å². The Bertz CT molecular complexity index is 411. The summed E-state index contributed by atoms with van der Waals surface area (Å²) in [6.45, 7) is 1.84. The van der Waals surface area contributed by atoms with Crippen LogP contribution in [0.1, 0.15) is 19.8 Å². The molecule has 0 saturated carbocycles. The van der Waals surface area contributed by atoms with E-state index in [0.717, 1.165) is 0 Å². The van der Waals surface area contributed by atoms with Crippen molar-refractivity contribution in [3.63, 3.8) is 0 Å². The molecule has 0 radical (unpaired) electrons. The molecule has 1 aliphatic rings. The minimum absolute atomic E-state index is 0.00781. The van der Waals surface area contributed by atoms with Crippen LogP contribution in [0.25, 0.3) is 0 Å². The second-order valence-electron chi connectivity index (χ2n) is 4.59. The molecular formula is C11H22N2O5S. The van der Waals surface area contributed by atoms with Gasteiger partial charge in [-0.2, -0.15) is 4.31 Å². The molecular weight excluding hydrogens is 272 g/mol. The van der Waals surface area contributed by atoms with Crippen molar-refractivity contribution < 1.29 is 22.7 Å². The van der Waals surface area contributed by atoms with E-state index in [9.17, 15) is 13.2 Å². The number of nitrogens with zero attached hydrogens (tertiary/aromatic N) is 1. The molecule has 0 aromatic heterocycles. The molecule has 1 heterocycles. The highest BCUT2D eigenvalue weighted by Gasteiger charge is 2.41. The number of piperidine rings is 1. The van der Waals surface area contributed by atoms with Gasteiger partial charge in [0.25, 0.3) is 0 Å². The first-order valence-corrected chi connectivity index (χ1v) is 7.70. The molecule has 0 spiro atoms. The van der Waals surface area contributed by atoms with Gasteiger partial charge in [-0.3, -0.25) is 4.79 Å². The third kappa shape index (κ3) is 3.44. The number of sulfonamides is 1. The van der Waals surface area contributed by atoms with E-state index in [4.69, 9.17) is 10.5 Å². The lowest BCUT2D eigenvalue weighted by molar-refractivity contribution is -0.139. The van der Waals surface area contributed by atoms with Crippen molar-refractivity contribution in [2.24, 2.45) is 5.73 Å². The average molecular weight is 294 g/mol. The molecule has 19 heavy (non-hydrogen) atoms. The highest BCUT2D eigenvalue weighted by molar-refractivity contribution is 7.90. The molecule has 0 amide bonds. The molecule has 1 fully saturated rings. The van der Waals surface area contributed by atoms with Crippen LogP contribution in [0.3, 0.4) is 0 Å². The van der Waals surface area contributed by atoms with Crippen LogP contribution in [0.15, 0.2) is 0 Å². The van der Waals surface area contributed by atoms with E-state index < -0.39 is 21.2 Å². The van der Waals surface area contributed by atoms with Gasteiger partial charge >= 0.3 is 5.97 Å². The number of hydrogen-bond acceptors (Lipinski definition) is 6. The highest BCUT2D eigenvalue weighted by atomic mass is 32.2. The van der Waals surface area contributed by atoms with Crippen molar-refractivity contribution in [1.29, 1.82) is 0 Å². The smallest absolute Gasteiger partial charge is 0.325 e. The molecule has 1 aliphatic heterocycles. The predicted molar refractivity (Wildman–Crippen MR) is 70.0 cm³/mol. The molecule has 0 aliphatic carbocycles. The SMILES string of the molecule is COC(=O)C(C)S(=O)(=O)N1CCC(OC)CC1CN. The fraction of sp³-hybridized carbons (Fsp3) is 0.909. The van der Waals surface area contributed by atoms with Gasteiger partial charge in [-0.25, -0.2) is 8.42 Å². The van der Waals surface area contributed by atoms with Crippen molar-refractivity contribution in [2.75, 3.05) is 27.3 Å². The van der Waals surface area contributed by atoms with Crippen LogP contribution in [0.5, 0.6) is 0 Å². The van der Waals surface area contributed by atoms with Crippen molar-refractivity contribution in [2.45, 2.75) is 37.2 Å². The fourth-order valence-electron chi connectivity index (χ4n) is 2.25. The van der Waals surface area contributed by atoms with Gasteiger partial charge in [0.15, 0.2) is 5.25 Å². The molecule has 3 unspecified atom stereocenters. The van der Waals surface area contributed by atoms with Crippen LogP contribution in [-0.2, 0) is 24.3 Å². The molecule has 112 valence electrons. The number of ether oxygens (including phenoxy) is 2. The molecule has 8 heteroatoms. The molecule has 0 aromatic carbocycles. The molecule has 1 rings (SSSR count). The van der Waals surface area contributed by atoms with Crippen molar-refractivity contribution >= 4 is 16.0 Å². The lowest BCUT2D eigenvalue weighted by atomic mass is 10.0. The number of rotatable bonds is 5. The topological polar surface area (TPSA) is 98.9 Å². The second kappa shape index (κ2) is 6.65. The van der Waals surface area contributed by atoms with Crippen molar-refractivity contribution in [3.8, 4) is 0 Å². The van der Waals surface area contributed by atoms with E-state index in [2.05, 4.69) is 4.74 Å².